The lowest BCUT2D eigenvalue weighted by molar-refractivity contribution is -0.146. The number of rotatable bonds is 9. The first-order valence-corrected chi connectivity index (χ1v) is 15.9. The van der Waals surface area contributed by atoms with E-state index in [2.05, 4.69) is 5.32 Å². The molecule has 3 aromatic rings. The molecule has 2 aliphatic carbocycles. The number of carbonyl (C=O) groups excluding carboxylic acids is 2. The number of ether oxygens (including phenoxy) is 4. The summed E-state index contributed by atoms with van der Waals surface area (Å²) in [6.45, 7) is 2.33. The van der Waals surface area contributed by atoms with Gasteiger partial charge in [-0.2, -0.15) is 0 Å². The van der Waals surface area contributed by atoms with Crippen LogP contribution >= 0.6 is 0 Å². The molecule has 0 spiro atoms. The summed E-state index contributed by atoms with van der Waals surface area (Å²) in [6.07, 6.45) is 5.88. The van der Waals surface area contributed by atoms with E-state index in [1.54, 1.807) is 14.2 Å². The van der Waals surface area contributed by atoms with Crippen molar-refractivity contribution in [2.24, 2.45) is 0 Å². The molecule has 1 saturated carbocycles. The van der Waals surface area contributed by atoms with Crippen molar-refractivity contribution in [1.82, 2.24) is 5.32 Å². The van der Waals surface area contributed by atoms with Gasteiger partial charge in [-0.25, -0.2) is 4.79 Å². The van der Waals surface area contributed by atoms with Gasteiger partial charge in [0.05, 0.1) is 19.8 Å². The Morgan fingerprint density at radius 1 is 0.844 bits per heavy atom. The van der Waals surface area contributed by atoms with E-state index in [1.165, 1.54) is 6.42 Å². The molecule has 3 aliphatic rings. The fourth-order valence-electron chi connectivity index (χ4n) is 6.91. The van der Waals surface area contributed by atoms with Gasteiger partial charge in [0.15, 0.2) is 17.3 Å². The molecule has 234 valence electrons. The number of nitrogens with one attached hydrogen (secondary N) is 1. The van der Waals surface area contributed by atoms with E-state index in [9.17, 15) is 9.59 Å². The number of benzene rings is 3. The predicted octanol–water partition coefficient (Wildman–Crippen LogP) is 7.52. The second-order valence-corrected chi connectivity index (χ2v) is 12.1. The fraction of sp³-hybridized carbons (Fsp3) is 0.368. The normalized spacial score (nSPS) is 20.3. The van der Waals surface area contributed by atoms with Crippen LogP contribution in [0.1, 0.15) is 80.4 Å². The van der Waals surface area contributed by atoms with Crippen molar-refractivity contribution >= 4 is 11.8 Å². The van der Waals surface area contributed by atoms with Crippen LogP contribution in [0.5, 0.6) is 17.2 Å². The summed E-state index contributed by atoms with van der Waals surface area (Å²) >= 11 is 0. The van der Waals surface area contributed by atoms with Gasteiger partial charge in [-0.05, 0) is 85.9 Å². The minimum atomic E-state index is -0.559. The van der Waals surface area contributed by atoms with Crippen molar-refractivity contribution in [1.29, 1.82) is 0 Å². The predicted molar refractivity (Wildman–Crippen MR) is 172 cm³/mol. The molecular weight excluding hydrogens is 566 g/mol. The van der Waals surface area contributed by atoms with Gasteiger partial charge >= 0.3 is 5.97 Å². The van der Waals surface area contributed by atoms with Crippen LogP contribution in [0.2, 0.25) is 0 Å². The first kappa shape index (κ1) is 30.5. The minimum Gasteiger partial charge on any atom is -0.493 e. The Kier molecular flexibility index (Phi) is 9.24. The Hall–Kier alpha value is -4.52. The lowest BCUT2D eigenvalue weighted by atomic mass is 9.71. The molecule has 6 rings (SSSR count). The number of methoxy groups -OCH3 is 2. The summed E-state index contributed by atoms with van der Waals surface area (Å²) in [7, 11) is 3.22. The van der Waals surface area contributed by atoms with E-state index in [0.29, 0.717) is 47.8 Å². The maximum absolute atomic E-state index is 14.2. The molecule has 7 nitrogen and oxygen atoms in total. The Morgan fingerprint density at radius 2 is 1.62 bits per heavy atom. The number of dihydropyridines is 1. The molecule has 0 aromatic heterocycles. The van der Waals surface area contributed by atoms with Gasteiger partial charge in [-0.1, -0.05) is 55.0 Å². The summed E-state index contributed by atoms with van der Waals surface area (Å²) in [5.74, 6) is 1.01. The van der Waals surface area contributed by atoms with Crippen LogP contribution in [-0.4, -0.2) is 32.1 Å². The summed E-state index contributed by atoms with van der Waals surface area (Å²) in [5.41, 5.74) is 5.60. The Balaban J connectivity index is 1.35. The first-order chi connectivity index (χ1) is 21.9. The molecular formula is C38H41NO6. The van der Waals surface area contributed by atoms with Crippen LogP contribution in [0.3, 0.4) is 0 Å². The van der Waals surface area contributed by atoms with Gasteiger partial charge in [0.1, 0.15) is 18.5 Å². The van der Waals surface area contributed by atoms with E-state index in [-0.39, 0.29) is 23.8 Å². The van der Waals surface area contributed by atoms with E-state index in [0.717, 1.165) is 53.8 Å². The lowest BCUT2D eigenvalue weighted by Gasteiger charge is -2.37. The van der Waals surface area contributed by atoms with Gasteiger partial charge < -0.3 is 24.3 Å². The number of Topliss-reactive ketones (excluding diaryl/α,β-unsaturated/α-hetero) is 1. The SMILES string of the molecule is COc1ccc([C@H]2CC(=O)C3=C(C2)NC(C)=C(C(=O)OC2CCCCC2)[C@H]3c2cccc(OCc3ccccc3)c2)cc1OC. The largest absolute Gasteiger partial charge is 0.493 e. The van der Waals surface area contributed by atoms with Crippen LogP contribution in [0, 0.1) is 0 Å². The Morgan fingerprint density at radius 3 is 2.38 bits per heavy atom. The molecule has 1 heterocycles. The zero-order valence-electron chi connectivity index (χ0n) is 26.3. The third-order valence-corrected chi connectivity index (χ3v) is 9.19. The number of hydrogen-bond donors (Lipinski definition) is 1. The van der Waals surface area contributed by atoms with Gasteiger partial charge in [0.2, 0.25) is 0 Å². The summed E-state index contributed by atoms with van der Waals surface area (Å²) < 4.78 is 23.3. The molecule has 2 atom stereocenters. The molecule has 0 unspecified atom stereocenters. The van der Waals surface area contributed by atoms with Crippen LogP contribution < -0.4 is 19.5 Å². The van der Waals surface area contributed by atoms with Crippen LogP contribution in [-0.2, 0) is 20.9 Å². The second kappa shape index (κ2) is 13.6. The van der Waals surface area contributed by atoms with Crippen molar-refractivity contribution in [3.8, 4) is 17.2 Å². The van der Waals surface area contributed by atoms with E-state index >= 15 is 0 Å². The average Bonchev–Trinajstić information content (AvgIpc) is 3.07. The third kappa shape index (κ3) is 6.63. The van der Waals surface area contributed by atoms with Crippen molar-refractivity contribution in [3.63, 3.8) is 0 Å². The molecule has 0 saturated heterocycles. The molecule has 1 aliphatic heterocycles. The molecule has 45 heavy (non-hydrogen) atoms. The molecule has 0 amide bonds. The van der Waals surface area contributed by atoms with E-state index in [4.69, 9.17) is 18.9 Å². The quantitative estimate of drug-likeness (QED) is 0.252. The smallest absolute Gasteiger partial charge is 0.337 e. The number of esters is 1. The third-order valence-electron chi connectivity index (χ3n) is 9.19. The van der Waals surface area contributed by atoms with Gasteiger partial charge in [0.25, 0.3) is 0 Å². The van der Waals surface area contributed by atoms with Crippen molar-refractivity contribution in [2.45, 2.75) is 76.4 Å². The summed E-state index contributed by atoms with van der Waals surface area (Å²) in [6, 6.07) is 23.6. The standard InChI is InChI=1S/C38H41NO6/c1-24-35(38(41)45-29-14-8-5-9-15-29)36(27-13-10-16-30(19-27)44-23-25-11-6-4-7-12-25)37-31(39-24)20-28(21-32(37)40)26-17-18-33(42-2)34(22-26)43-3/h4,6-7,10-13,16-19,22,28-29,36,39H,5,8-9,14-15,20-21,23H2,1-3H3/t28-,36-/m1/s1. The van der Waals surface area contributed by atoms with Gasteiger partial charge in [-0.15, -0.1) is 0 Å². The second-order valence-electron chi connectivity index (χ2n) is 12.1. The first-order valence-electron chi connectivity index (χ1n) is 15.9. The monoisotopic (exact) mass is 607 g/mol. The molecule has 1 N–H and O–H groups in total. The number of ketones is 1. The number of allylic oxidation sites excluding steroid dienone is 3. The zero-order chi connectivity index (χ0) is 31.3. The van der Waals surface area contributed by atoms with Crippen molar-refractivity contribution in [3.05, 3.63) is 112 Å². The van der Waals surface area contributed by atoms with Crippen LogP contribution in [0.25, 0.3) is 0 Å². The molecule has 7 heteroatoms. The Bertz CT molecular complexity index is 1620. The highest BCUT2D eigenvalue weighted by molar-refractivity contribution is 6.04. The van der Waals surface area contributed by atoms with Crippen LogP contribution in [0.4, 0.5) is 0 Å². The topological polar surface area (TPSA) is 83.1 Å². The van der Waals surface area contributed by atoms with E-state index in [1.807, 2.05) is 79.7 Å². The van der Waals surface area contributed by atoms with Gasteiger partial charge in [0, 0.05) is 29.3 Å². The van der Waals surface area contributed by atoms with Crippen molar-refractivity contribution in [2.75, 3.05) is 14.2 Å². The van der Waals surface area contributed by atoms with Crippen molar-refractivity contribution < 1.29 is 28.5 Å². The molecule has 1 fully saturated rings. The maximum Gasteiger partial charge on any atom is 0.337 e. The highest BCUT2D eigenvalue weighted by atomic mass is 16.5. The number of hydrogen-bond acceptors (Lipinski definition) is 7. The Labute approximate surface area is 265 Å². The zero-order valence-corrected chi connectivity index (χ0v) is 26.3. The number of carbonyl (C=O) groups is 2. The summed E-state index contributed by atoms with van der Waals surface area (Å²) in [4.78, 5) is 28.1. The minimum absolute atomic E-state index is 0.0135. The average molecular weight is 608 g/mol. The molecule has 0 radical (unpaired) electrons. The van der Waals surface area contributed by atoms with Crippen LogP contribution in [0.15, 0.2) is 95.3 Å². The molecule has 0 bridgehead atoms. The highest BCUT2D eigenvalue weighted by Gasteiger charge is 2.42. The van der Waals surface area contributed by atoms with E-state index < -0.39 is 5.92 Å². The summed E-state index contributed by atoms with van der Waals surface area (Å²) in [5, 5.41) is 3.48. The lowest BCUT2D eigenvalue weighted by Crippen LogP contribution is -2.37. The fourth-order valence-corrected chi connectivity index (χ4v) is 6.91. The highest BCUT2D eigenvalue weighted by Crippen LogP contribution is 2.47. The van der Waals surface area contributed by atoms with Gasteiger partial charge in [-0.3, -0.25) is 4.79 Å². The maximum atomic E-state index is 14.2. The molecule has 3 aromatic carbocycles.